The predicted octanol–water partition coefficient (Wildman–Crippen LogP) is 2.21. The Morgan fingerprint density at radius 1 is 1.48 bits per heavy atom. The van der Waals surface area contributed by atoms with E-state index in [-0.39, 0.29) is 11.5 Å². The molecule has 1 aliphatic heterocycles. The Bertz CT molecular complexity index is 796. The second-order valence-electron chi connectivity index (χ2n) is 6.04. The lowest BCUT2D eigenvalue weighted by atomic mass is 10.1. The zero-order chi connectivity index (χ0) is 16.0. The van der Waals surface area contributed by atoms with E-state index in [2.05, 4.69) is 27.3 Å². The number of hydrogen-bond acceptors (Lipinski definition) is 5. The van der Waals surface area contributed by atoms with Gasteiger partial charge in [0.15, 0.2) is 11.1 Å². The van der Waals surface area contributed by atoms with E-state index in [9.17, 15) is 4.79 Å². The summed E-state index contributed by atoms with van der Waals surface area (Å²) in [6, 6.07) is 6.30. The summed E-state index contributed by atoms with van der Waals surface area (Å²) in [4.78, 5) is 18.1. The van der Waals surface area contributed by atoms with Crippen molar-refractivity contribution < 1.29 is 4.79 Å². The number of carbonyl (C=O) groups is 1. The zero-order valence-electron chi connectivity index (χ0n) is 12.5. The molecule has 1 aromatic carbocycles. The molecule has 6 nitrogen and oxygen atoms in total. The van der Waals surface area contributed by atoms with Crippen LogP contribution in [0.5, 0.6) is 0 Å². The number of thiazole rings is 1. The van der Waals surface area contributed by atoms with Gasteiger partial charge in [-0.15, -0.1) is 11.3 Å². The molecule has 0 amide bonds. The Labute approximate surface area is 137 Å². The Balaban J connectivity index is 1.62. The molecule has 7 heteroatoms. The van der Waals surface area contributed by atoms with Crippen LogP contribution in [-0.2, 0) is 11.2 Å². The number of hydrogen-bond donors (Lipinski definition) is 3. The molecule has 1 fully saturated rings. The molecule has 0 atom stereocenters. The van der Waals surface area contributed by atoms with Gasteiger partial charge in [-0.2, -0.15) is 0 Å². The normalized spacial score (nSPS) is 17.7. The summed E-state index contributed by atoms with van der Waals surface area (Å²) in [6.45, 7) is 0.908. The van der Waals surface area contributed by atoms with Gasteiger partial charge >= 0.3 is 0 Å². The van der Waals surface area contributed by atoms with Gasteiger partial charge < -0.3 is 20.7 Å². The fourth-order valence-corrected chi connectivity index (χ4v) is 3.91. The van der Waals surface area contributed by atoms with Crippen molar-refractivity contribution in [3.63, 3.8) is 0 Å². The van der Waals surface area contributed by atoms with Gasteiger partial charge in [-0.25, -0.2) is 4.98 Å². The molecule has 0 bridgehead atoms. The van der Waals surface area contributed by atoms with Crippen molar-refractivity contribution >= 4 is 34.4 Å². The lowest BCUT2D eigenvalue weighted by Crippen LogP contribution is -2.37. The van der Waals surface area contributed by atoms with Crippen LogP contribution in [0.3, 0.4) is 0 Å². The second-order valence-corrected chi connectivity index (χ2v) is 6.90. The molecule has 4 N–H and O–H groups in total. The van der Waals surface area contributed by atoms with E-state index >= 15 is 0 Å². The summed E-state index contributed by atoms with van der Waals surface area (Å²) in [7, 11) is 0. The molecule has 4 rings (SSSR count). The highest BCUT2D eigenvalue weighted by atomic mass is 32.1. The van der Waals surface area contributed by atoms with Crippen LogP contribution < -0.4 is 16.0 Å². The molecule has 1 aromatic heterocycles. The van der Waals surface area contributed by atoms with Crippen molar-refractivity contribution in [2.24, 2.45) is 5.73 Å². The molecule has 2 heterocycles. The van der Waals surface area contributed by atoms with Crippen LogP contribution in [0, 0.1) is 5.41 Å². The summed E-state index contributed by atoms with van der Waals surface area (Å²) < 4.78 is 0. The minimum absolute atomic E-state index is 0.112. The Morgan fingerprint density at radius 3 is 3.00 bits per heavy atom. The number of aromatic nitrogens is 1. The SMILES string of the molecule is N=C(N)Nc1nc(-c2ccc3c(c2)CCN3C2(C=O)CC2)cs1. The lowest BCUT2D eigenvalue weighted by Gasteiger charge is -2.25. The highest BCUT2D eigenvalue weighted by Gasteiger charge is 2.49. The number of nitrogens with two attached hydrogens (primary N) is 1. The molecule has 0 spiro atoms. The molecule has 2 aromatic rings. The maximum Gasteiger partial charge on any atom is 0.192 e. The molecular formula is C16H17N5OS. The molecule has 0 unspecified atom stereocenters. The van der Waals surface area contributed by atoms with Gasteiger partial charge in [0.2, 0.25) is 0 Å². The summed E-state index contributed by atoms with van der Waals surface area (Å²) >= 11 is 1.42. The van der Waals surface area contributed by atoms with Crippen LogP contribution in [0.15, 0.2) is 23.6 Å². The maximum absolute atomic E-state index is 11.4. The monoisotopic (exact) mass is 327 g/mol. The quantitative estimate of drug-likeness (QED) is 0.455. The number of anilines is 2. The molecule has 1 aliphatic carbocycles. The summed E-state index contributed by atoms with van der Waals surface area (Å²) in [6.07, 6.45) is 3.99. The Morgan fingerprint density at radius 2 is 2.30 bits per heavy atom. The molecule has 23 heavy (non-hydrogen) atoms. The molecule has 2 aliphatic rings. The van der Waals surface area contributed by atoms with E-state index in [1.165, 1.54) is 22.6 Å². The van der Waals surface area contributed by atoms with Crippen molar-refractivity contribution in [2.45, 2.75) is 24.8 Å². The second kappa shape index (κ2) is 5.06. The maximum atomic E-state index is 11.4. The molecule has 1 saturated carbocycles. The van der Waals surface area contributed by atoms with Gasteiger partial charge in [-0.05, 0) is 37.0 Å². The van der Waals surface area contributed by atoms with Gasteiger partial charge in [0.25, 0.3) is 0 Å². The minimum Gasteiger partial charge on any atom is -0.370 e. The van der Waals surface area contributed by atoms with Crippen molar-refractivity contribution in [1.29, 1.82) is 5.41 Å². The van der Waals surface area contributed by atoms with E-state index < -0.39 is 0 Å². The summed E-state index contributed by atoms with van der Waals surface area (Å²) in [5.74, 6) is -0.112. The largest absolute Gasteiger partial charge is 0.370 e. The van der Waals surface area contributed by atoms with Gasteiger partial charge in [0, 0.05) is 23.2 Å². The molecule has 0 radical (unpaired) electrons. The Kier molecular flexibility index (Phi) is 3.12. The predicted molar refractivity (Wildman–Crippen MR) is 92.2 cm³/mol. The number of aldehydes is 1. The van der Waals surface area contributed by atoms with Crippen LogP contribution in [0.2, 0.25) is 0 Å². The van der Waals surface area contributed by atoms with Gasteiger partial charge in [-0.3, -0.25) is 5.41 Å². The lowest BCUT2D eigenvalue weighted by molar-refractivity contribution is -0.109. The minimum atomic E-state index is -0.244. The number of fused-ring (bicyclic) bond motifs is 1. The first-order valence-electron chi connectivity index (χ1n) is 7.55. The smallest absolute Gasteiger partial charge is 0.192 e. The summed E-state index contributed by atoms with van der Waals surface area (Å²) in [5, 5.41) is 12.5. The third kappa shape index (κ3) is 2.37. The van der Waals surface area contributed by atoms with Crippen LogP contribution in [0.25, 0.3) is 11.3 Å². The molecule has 0 saturated heterocycles. The Hall–Kier alpha value is -2.41. The number of nitrogens with zero attached hydrogens (tertiary/aromatic N) is 2. The topological polar surface area (TPSA) is 95.1 Å². The van der Waals surface area contributed by atoms with E-state index in [0.29, 0.717) is 5.13 Å². The highest BCUT2D eigenvalue weighted by Crippen LogP contribution is 2.46. The molecular weight excluding hydrogens is 310 g/mol. The van der Waals surface area contributed by atoms with Crippen molar-refractivity contribution in [2.75, 3.05) is 16.8 Å². The molecule has 118 valence electrons. The van der Waals surface area contributed by atoms with Crippen molar-refractivity contribution in [1.82, 2.24) is 4.98 Å². The number of rotatable bonds is 4. The van der Waals surface area contributed by atoms with E-state index in [1.807, 2.05) is 11.4 Å². The third-order valence-electron chi connectivity index (χ3n) is 4.54. The number of benzene rings is 1. The van der Waals surface area contributed by atoms with Crippen LogP contribution in [0.4, 0.5) is 10.8 Å². The van der Waals surface area contributed by atoms with Gasteiger partial charge in [-0.1, -0.05) is 6.07 Å². The van der Waals surface area contributed by atoms with E-state index in [4.69, 9.17) is 11.1 Å². The van der Waals surface area contributed by atoms with E-state index in [1.54, 1.807) is 0 Å². The summed E-state index contributed by atoms with van der Waals surface area (Å²) in [5.41, 5.74) is 9.45. The van der Waals surface area contributed by atoms with Crippen LogP contribution in [0.1, 0.15) is 18.4 Å². The van der Waals surface area contributed by atoms with Crippen molar-refractivity contribution in [3.05, 3.63) is 29.1 Å². The van der Waals surface area contributed by atoms with Crippen LogP contribution in [-0.4, -0.2) is 29.3 Å². The fraction of sp³-hybridized carbons (Fsp3) is 0.312. The number of nitrogens with one attached hydrogen (secondary N) is 2. The number of guanidine groups is 1. The van der Waals surface area contributed by atoms with Crippen LogP contribution >= 0.6 is 11.3 Å². The van der Waals surface area contributed by atoms with Crippen molar-refractivity contribution in [3.8, 4) is 11.3 Å². The third-order valence-corrected chi connectivity index (χ3v) is 5.29. The highest BCUT2D eigenvalue weighted by molar-refractivity contribution is 7.14. The van der Waals surface area contributed by atoms with Gasteiger partial charge in [0.05, 0.1) is 11.2 Å². The average Bonchev–Trinajstić information content (AvgIpc) is 3.00. The standard InChI is InChI=1S/C16H17N5OS/c17-14(18)20-15-19-12(8-23-15)10-1-2-13-11(7-10)3-6-21(13)16(9-22)4-5-16/h1-2,7-9H,3-6H2,(H4,17,18,19,20). The first-order valence-corrected chi connectivity index (χ1v) is 8.43. The average molecular weight is 327 g/mol. The fourth-order valence-electron chi connectivity index (χ4n) is 3.18. The first kappa shape index (κ1) is 14.2. The number of carbonyl (C=O) groups excluding carboxylic acids is 1. The first-order chi connectivity index (χ1) is 11.1. The zero-order valence-corrected chi connectivity index (χ0v) is 13.3. The van der Waals surface area contributed by atoms with E-state index in [0.717, 1.165) is 43.4 Å². The van der Waals surface area contributed by atoms with Gasteiger partial charge in [0.1, 0.15) is 6.29 Å².